The van der Waals surface area contributed by atoms with Crippen LogP contribution in [0.5, 0.6) is 0 Å². The number of nitrogens with zero attached hydrogens (tertiary/aromatic N) is 1. The standard InChI is InChI=1S/C98H169NO8/c1-6-8-10-12-14-16-18-20-22-24-26-28-30-32-34-36-38-40-42-44-46-48-50-52-54-56-58-60-62-64-66-68-70-72-74-76-78-80-82-84-86-88-95(100)105-92-94(93-106-98(97(102)103)104-91-90-99(3,4)5)107-96(101)89-87-85-83-81-79-77-75-73-71-69-67-65-63-61-59-57-55-53-51-49-47-45-43-41-39-37-35-33-31-29-27-25-23-21-19-17-15-13-11-9-7-2/h9,11,15,17,21,23-24,26-27,29,33,35,39,41,45,47,51,53,57,59,63,65,69,71,94,98H,6-8,10,12-14,16,18-20,22,25,28,30-32,34,36-38,40,42-44,46,48-50,52,54-56,58,60-62,64,66-68,70,72-93H2,1-5H3/p+1/b11-9-,17-15-,23-21-,26-24-,29-27-,35-33-,41-39-,47-45-,53-51-,59-57-,65-63-,71-69-. The van der Waals surface area contributed by atoms with Gasteiger partial charge in [-0.15, -0.1) is 0 Å². The molecule has 614 valence electrons. The van der Waals surface area contributed by atoms with Gasteiger partial charge in [-0.3, -0.25) is 9.59 Å². The van der Waals surface area contributed by atoms with E-state index in [4.69, 9.17) is 18.9 Å². The second-order valence-electron chi connectivity index (χ2n) is 31.2. The molecule has 2 unspecified atom stereocenters. The second-order valence-corrected chi connectivity index (χ2v) is 31.2. The maximum Gasteiger partial charge on any atom is 0.361 e. The van der Waals surface area contributed by atoms with Crippen LogP contribution in [0, 0.1) is 0 Å². The predicted octanol–water partition coefficient (Wildman–Crippen LogP) is 29.7. The van der Waals surface area contributed by atoms with Crippen molar-refractivity contribution >= 4 is 17.9 Å². The number of allylic oxidation sites excluding steroid dienone is 24. The van der Waals surface area contributed by atoms with Gasteiger partial charge >= 0.3 is 17.9 Å². The van der Waals surface area contributed by atoms with Crippen molar-refractivity contribution in [1.29, 1.82) is 0 Å². The van der Waals surface area contributed by atoms with Crippen LogP contribution in [0.4, 0.5) is 0 Å². The van der Waals surface area contributed by atoms with Crippen LogP contribution >= 0.6 is 0 Å². The Balaban J connectivity index is 4.02. The van der Waals surface area contributed by atoms with Crippen LogP contribution < -0.4 is 0 Å². The van der Waals surface area contributed by atoms with Crippen LogP contribution in [-0.4, -0.2) is 87.4 Å². The number of carboxylic acids is 1. The summed E-state index contributed by atoms with van der Waals surface area (Å²) in [5, 5.41) is 9.79. The van der Waals surface area contributed by atoms with Crippen LogP contribution in [0.15, 0.2) is 146 Å². The molecular weight excluding hydrogens is 1320 g/mol. The molecule has 0 aromatic carbocycles. The molecule has 1 N–H and O–H groups in total. The Bertz CT molecular complexity index is 2290. The molecule has 0 aliphatic rings. The third kappa shape index (κ3) is 88.3. The third-order valence-electron chi connectivity index (χ3n) is 19.6. The predicted molar refractivity (Wildman–Crippen MR) is 465 cm³/mol. The largest absolute Gasteiger partial charge is 0.477 e. The summed E-state index contributed by atoms with van der Waals surface area (Å²) in [5.74, 6) is -2.01. The maximum absolute atomic E-state index is 13.0. The number of hydrogen-bond donors (Lipinski definition) is 1. The Morgan fingerprint density at radius 1 is 0.290 bits per heavy atom. The van der Waals surface area contributed by atoms with Gasteiger partial charge < -0.3 is 28.5 Å². The van der Waals surface area contributed by atoms with Crippen LogP contribution in [0.2, 0.25) is 0 Å². The molecule has 9 nitrogen and oxygen atoms in total. The fourth-order valence-electron chi connectivity index (χ4n) is 12.8. The summed E-state index contributed by atoms with van der Waals surface area (Å²) in [7, 11) is 5.98. The Morgan fingerprint density at radius 2 is 0.533 bits per heavy atom. The molecule has 9 heteroatoms. The molecule has 0 aromatic rings. The van der Waals surface area contributed by atoms with Crippen LogP contribution in [0.25, 0.3) is 0 Å². The van der Waals surface area contributed by atoms with Crippen molar-refractivity contribution in [3.8, 4) is 0 Å². The lowest BCUT2D eigenvalue weighted by Crippen LogP contribution is -2.40. The number of carbonyl (C=O) groups excluding carboxylic acids is 2. The highest BCUT2D eigenvalue weighted by atomic mass is 16.7. The quantitative estimate of drug-likeness (QED) is 0.0211. The average Bonchev–Trinajstić information content (AvgIpc) is 0.965. The summed E-state index contributed by atoms with van der Waals surface area (Å²) in [4.78, 5) is 37.8. The van der Waals surface area contributed by atoms with Gasteiger partial charge in [-0.05, 0) is 122 Å². The van der Waals surface area contributed by atoms with E-state index in [9.17, 15) is 19.5 Å². The molecule has 0 saturated carbocycles. The molecule has 0 bridgehead atoms. The smallest absolute Gasteiger partial charge is 0.361 e. The molecule has 0 saturated heterocycles. The topological polar surface area (TPSA) is 108 Å². The lowest BCUT2D eigenvalue weighted by atomic mass is 10.0. The van der Waals surface area contributed by atoms with Gasteiger partial charge in [0.1, 0.15) is 13.2 Å². The number of esters is 2. The first-order valence-electron chi connectivity index (χ1n) is 45.0. The van der Waals surface area contributed by atoms with E-state index in [2.05, 4.69) is 160 Å². The van der Waals surface area contributed by atoms with Gasteiger partial charge in [0.15, 0.2) is 6.10 Å². The molecule has 0 radical (unpaired) electrons. The third-order valence-corrected chi connectivity index (χ3v) is 19.6. The molecule has 0 aliphatic heterocycles. The monoisotopic (exact) mass is 1490 g/mol. The maximum atomic E-state index is 13.0. The number of ether oxygens (including phenoxy) is 4. The zero-order valence-corrected chi connectivity index (χ0v) is 70.5. The molecule has 0 aliphatic carbocycles. The highest BCUT2D eigenvalue weighted by molar-refractivity contribution is 5.71. The fourth-order valence-corrected chi connectivity index (χ4v) is 12.8. The van der Waals surface area contributed by atoms with E-state index in [1.54, 1.807) is 0 Å². The number of aliphatic carboxylic acids is 1. The summed E-state index contributed by atoms with van der Waals surface area (Å²) < 4.78 is 23.1. The van der Waals surface area contributed by atoms with Gasteiger partial charge in [-0.25, -0.2) is 4.79 Å². The lowest BCUT2D eigenvalue weighted by Gasteiger charge is -2.25. The van der Waals surface area contributed by atoms with Crippen molar-refractivity contribution in [3.05, 3.63) is 146 Å². The van der Waals surface area contributed by atoms with Crippen molar-refractivity contribution in [3.63, 3.8) is 0 Å². The Labute approximate surface area is 662 Å². The van der Waals surface area contributed by atoms with Crippen molar-refractivity contribution < 1.29 is 42.9 Å². The van der Waals surface area contributed by atoms with Crippen molar-refractivity contribution in [2.75, 3.05) is 47.5 Å². The first-order chi connectivity index (χ1) is 52.6. The Morgan fingerprint density at radius 3 is 0.804 bits per heavy atom. The summed E-state index contributed by atoms with van der Waals surface area (Å²) >= 11 is 0. The number of likely N-dealkylation sites (N-methyl/N-ethyl adjacent to an activating group) is 1. The SMILES string of the molecule is CC/C=C\C/C=C\C/C=C\C/C=C\C/C=C\C/C=C\C/C=C\C/C=C\C/C=C\C/C=C\C/C=C\CCCCCCCCCC(=O)OC(COC(=O)CCCCCCCCCCCCCCCCCCCCCCCCCCCCCCC/C=C\CCCCCCCCCC)COC(OCC[N+](C)(C)C)C(=O)O. The minimum atomic E-state index is -1.52. The van der Waals surface area contributed by atoms with E-state index in [1.165, 1.54) is 250 Å². The van der Waals surface area contributed by atoms with E-state index in [-0.39, 0.29) is 32.2 Å². The van der Waals surface area contributed by atoms with E-state index in [1.807, 2.05) is 21.1 Å². The first kappa shape index (κ1) is 102. The zero-order chi connectivity index (χ0) is 77.4. The van der Waals surface area contributed by atoms with Gasteiger partial charge in [0.2, 0.25) is 0 Å². The highest BCUT2D eigenvalue weighted by Crippen LogP contribution is 2.19. The molecule has 0 amide bonds. The van der Waals surface area contributed by atoms with Gasteiger partial charge in [-0.2, -0.15) is 0 Å². The lowest BCUT2D eigenvalue weighted by molar-refractivity contribution is -0.870. The number of hydrogen-bond acceptors (Lipinski definition) is 7. The molecule has 0 rings (SSSR count). The molecule has 2 atom stereocenters. The molecule has 0 spiro atoms. The molecule has 107 heavy (non-hydrogen) atoms. The molecular formula is C98H170NO8+. The minimum absolute atomic E-state index is 0.180. The van der Waals surface area contributed by atoms with Crippen molar-refractivity contribution in [1.82, 2.24) is 0 Å². The first-order valence-corrected chi connectivity index (χ1v) is 45.0. The number of carbonyl (C=O) groups is 3. The van der Waals surface area contributed by atoms with Gasteiger partial charge in [0, 0.05) is 12.8 Å². The second kappa shape index (κ2) is 86.8. The molecule has 0 aromatic heterocycles. The molecule has 0 fully saturated rings. The van der Waals surface area contributed by atoms with Gasteiger partial charge in [-0.1, -0.05) is 410 Å². The molecule has 0 heterocycles. The summed E-state index contributed by atoms with van der Waals surface area (Å²) in [5.41, 5.74) is 0. The average molecular weight is 1490 g/mol. The van der Waals surface area contributed by atoms with Crippen molar-refractivity contribution in [2.45, 2.75) is 411 Å². The van der Waals surface area contributed by atoms with E-state index in [0.29, 0.717) is 23.9 Å². The van der Waals surface area contributed by atoms with Gasteiger partial charge in [0.05, 0.1) is 34.4 Å². The Hall–Kier alpha value is -4.83. The van der Waals surface area contributed by atoms with E-state index >= 15 is 0 Å². The summed E-state index contributed by atoms with van der Waals surface area (Å²) in [6, 6.07) is 0. The fraction of sp³-hybridized carbons (Fsp3) is 0.724. The van der Waals surface area contributed by atoms with Crippen LogP contribution in [-0.2, 0) is 33.3 Å². The number of rotatable bonds is 83. The summed E-state index contributed by atoms with van der Waals surface area (Å²) in [6.45, 7) is 4.78. The number of unbranched alkanes of at least 4 members (excludes halogenated alkanes) is 44. The van der Waals surface area contributed by atoms with Gasteiger partial charge in [0.25, 0.3) is 6.29 Å². The highest BCUT2D eigenvalue weighted by Gasteiger charge is 2.25. The summed E-state index contributed by atoms with van der Waals surface area (Å²) in [6.07, 6.45) is 125. The normalized spacial score (nSPS) is 13.3. The minimum Gasteiger partial charge on any atom is -0.477 e. The number of carboxylic acid groups (broad SMARTS) is 1. The Kier molecular flexibility index (Phi) is 82.8. The van der Waals surface area contributed by atoms with Crippen LogP contribution in [0.3, 0.4) is 0 Å². The number of quaternary nitrogens is 1. The zero-order valence-electron chi connectivity index (χ0n) is 70.5. The van der Waals surface area contributed by atoms with E-state index < -0.39 is 24.3 Å². The van der Waals surface area contributed by atoms with E-state index in [0.717, 1.165) is 116 Å². The van der Waals surface area contributed by atoms with Crippen molar-refractivity contribution in [2.24, 2.45) is 0 Å². The van der Waals surface area contributed by atoms with Crippen LogP contribution in [0.1, 0.15) is 399 Å².